The molecular weight excluding hydrogens is 366 g/mol. The fourth-order valence-corrected chi connectivity index (χ4v) is 2.63. The molecule has 1 fully saturated rings. The lowest BCUT2D eigenvalue weighted by molar-refractivity contribution is -0.384. The van der Waals surface area contributed by atoms with Gasteiger partial charge in [-0.2, -0.15) is 0 Å². The Hall–Kier alpha value is -3.23. The summed E-state index contributed by atoms with van der Waals surface area (Å²) < 4.78 is 5.11. The molecule has 1 saturated heterocycles. The third-order valence-electron chi connectivity index (χ3n) is 4.07. The Morgan fingerprint density at radius 2 is 2.04 bits per heavy atom. The molecule has 0 aromatic heterocycles. The molecular formula is C19H23N3O6. The first-order chi connectivity index (χ1) is 13.3. The molecule has 2 amide bonds. The van der Waals surface area contributed by atoms with Crippen molar-refractivity contribution in [1.82, 2.24) is 10.2 Å². The van der Waals surface area contributed by atoms with Gasteiger partial charge in [-0.1, -0.05) is 13.8 Å². The van der Waals surface area contributed by atoms with Crippen LogP contribution in [0.25, 0.3) is 6.08 Å². The van der Waals surface area contributed by atoms with E-state index in [9.17, 15) is 24.5 Å². The molecule has 1 aliphatic heterocycles. The molecule has 9 heteroatoms. The number of ether oxygens (including phenoxy) is 1. The number of nitro groups is 1. The van der Waals surface area contributed by atoms with Gasteiger partial charge in [-0.25, -0.2) is 0 Å². The highest BCUT2D eigenvalue weighted by molar-refractivity contribution is 5.97. The number of nitrogens with one attached hydrogen (secondary N) is 1. The summed E-state index contributed by atoms with van der Waals surface area (Å²) in [4.78, 5) is 48.2. The van der Waals surface area contributed by atoms with Crippen molar-refractivity contribution in [2.24, 2.45) is 5.92 Å². The van der Waals surface area contributed by atoms with Crippen LogP contribution in [-0.2, 0) is 19.1 Å². The Kier molecular flexibility index (Phi) is 7.25. The average Bonchev–Trinajstić information content (AvgIpc) is 2.66. The summed E-state index contributed by atoms with van der Waals surface area (Å²) in [5, 5.41) is 13.3. The van der Waals surface area contributed by atoms with Crippen molar-refractivity contribution in [3.05, 3.63) is 46.0 Å². The molecule has 150 valence electrons. The number of benzene rings is 1. The van der Waals surface area contributed by atoms with Gasteiger partial charge in [0.2, 0.25) is 11.8 Å². The molecule has 0 radical (unpaired) electrons. The van der Waals surface area contributed by atoms with Crippen LogP contribution >= 0.6 is 0 Å². The summed E-state index contributed by atoms with van der Waals surface area (Å²) in [5.74, 6) is -1.18. The van der Waals surface area contributed by atoms with Crippen LogP contribution in [0.4, 0.5) is 5.69 Å². The molecule has 1 unspecified atom stereocenters. The molecule has 1 aromatic carbocycles. The zero-order chi connectivity index (χ0) is 20.7. The van der Waals surface area contributed by atoms with Crippen molar-refractivity contribution in [1.29, 1.82) is 0 Å². The number of non-ortho nitro benzene ring substituents is 1. The van der Waals surface area contributed by atoms with Crippen LogP contribution < -0.4 is 5.32 Å². The highest BCUT2D eigenvalue weighted by Crippen LogP contribution is 2.15. The zero-order valence-corrected chi connectivity index (χ0v) is 15.8. The molecule has 0 saturated carbocycles. The number of hydrogen-bond donors (Lipinski definition) is 1. The summed E-state index contributed by atoms with van der Waals surface area (Å²) in [5.41, 5.74) is 0.560. The van der Waals surface area contributed by atoms with E-state index in [1.165, 1.54) is 41.3 Å². The Bertz CT molecular complexity index is 772. The second-order valence-corrected chi connectivity index (χ2v) is 6.80. The number of nitrogens with zero attached hydrogens (tertiary/aromatic N) is 2. The van der Waals surface area contributed by atoms with Crippen LogP contribution in [-0.4, -0.2) is 53.3 Å². The predicted octanol–water partition coefficient (Wildman–Crippen LogP) is 1.52. The first-order valence-corrected chi connectivity index (χ1v) is 8.94. The maximum atomic E-state index is 12.5. The van der Waals surface area contributed by atoms with Crippen LogP contribution in [0.5, 0.6) is 0 Å². The topological polar surface area (TPSA) is 119 Å². The molecule has 1 N–H and O–H groups in total. The highest BCUT2D eigenvalue weighted by Gasteiger charge is 2.34. The van der Waals surface area contributed by atoms with Gasteiger partial charge in [0.15, 0.2) is 0 Å². The second kappa shape index (κ2) is 9.63. The van der Waals surface area contributed by atoms with E-state index in [-0.39, 0.29) is 31.2 Å². The predicted molar refractivity (Wildman–Crippen MR) is 101 cm³/mol. The van der Waals surface area contributed by atoms with Gasteiger partial charge in [-0.3, -0.25) is 24.5 Å². The molecule has 1 heterocycles. The van der Waals surface area contributed by atoms with Crippen molar-refractivity contribution in [3.8, 4) is 0 Å². The van der Waals surface area contributed by atoms with E-state index in [1.54, 1.807) is 0 Å². The smallest absolute Gasteiger partial charge is 0.308 e. The lowest BCUT2D eigenvalue weighted by atomic mass is 10.1. The Morgan fingerprint density at radius 1 is 1.36 bits per heavy atom. The maximum Gasteiger partial charge on any atom is 0.308 e. The number of esters is 1. The number of piperazine rings is 1. The van der Waals surface area contributed by atoms with E-state index in [2.05, 4.69) is 5.32 Å². The van der Waals surface area contributed by atoms with Crippen molar-refractivity contribution in [3.63, 3.8) is 0 Å². The lowest BCUT2D eigenvalue weighted by Gasteiger charge is -2.33. The van der Waals surface area contributed by atoms with E-state index >= 15 is 0 Å². The van der Waals surface area contributed by atoms with Crippen molar-refractivity contribution in [2.45, 2.75) is 26.3 Å². The number of carbonyl (C=O) groups is 3. The molecule has 1 aliphatic rings. The quantitative estimate of drug-likeness (QED) is 0.327. The van der Waals surface area contributed by atoms with E-state index in [1.807, 2.05) is 13.8 Å². The second-order valence-electron chi connectivity index (χ2n) is 6.80. The molecule has 0 spiro atoms. The average molecular weight is 389 g/mol. The summed E-state index contributed by atoms with van der Waals surface area (Å²) >= 11 is 0. The number of hydrogen-bond acceptors (Lipinski definition) is 6. The molecule has 1 aromatic rings. The van der Waals surface area contributed by atoms with Gasteiger partial charge in [0.1, 0.15) is 6.04 Å². The van der Waals surface area contributed by atoms with Gasteiger partial charge < -0.3 is 15.0 Å². The summed E-state index contributed by atoms with van der Waals surface area (Å²) in [7, 11) is 0. The Labute approximate surface area is 162 Å². The van der Waals surface area contributed by atoms with E-state index in [0.29, 0.717) is 12.1 Å². The largest absolute Gasteiger partial charge is 0.465 e. The molecule has 28 heavy (non-hydrogen) atoms. The number of amides is 2. The van der Waals surface area contributed by atoms with Crippen LogP contribution in [0, 0.1) is 16.0 Å². The van der Waals surface area contributed by atoms with Gasteiger partial charge in [-0.15, -0.1) is 0 Å². The maximum absolute atomic E-state index is 12.5. The normalized spacial score (nSPS) is 16.9. The number of nitro benzene ring substituents is 1. The Morgan fingerprint density at radius 3 is 2.64 bits per heavy atom. The highest BCUT2D eigenvalue weighted by atomic mass is 16.6. The first kappa shape index (κ1) is 21.1. The van der Waals surface area contributed by atoms with Crippen LogP contribution in [0.1, 0.15) is 25.8 Å². The lowest BCUT2D eigenvalue weighted by Crippen LogP contribution is -2.57. The summed E-state index contributed by atoms with van der Waals surface area (Å²) in [6, 6.07) is 4.79. The zero-order valence-electron chi connectivity index (χ0n) is 15.8. The third kappa shape index (κ3) is 5.90. The fourth-order valence-electron chi connectivity index (χ4n) is 2.63. The number of carbonyl (C=O) groups excluding carboxylic acids is 3. The fraction of sp³-hybridized carbons (Fsp3) is 0.421. The van der Waals surface area contributed by atoms with E-state index < -0.39 is 28.7 Å². The molecule has 9 nitrogen and oxygen atoms in total. The van der Waals surface area contributed by atoms with E-state index in [4.69, 9.17) is 4.74 Å². The van der Waals surface area contributed by atoms with Crippen LogP contribution in [0.3, 0.4) is 0 Å². The summed E-state index contributed by atoms with van der Waals surface area (Å²) in [6.07, 6.45) is 2.58. The minimum atomic E-state index is -0.928. The number of rotatable bonds is 7. The van der Waals surface area contributed by atoms with Gasteiger partial charge in [0, 0.05) is 31.3 Å². The van der Waals surface area contributed by atoms with Gasteiger partial charge >= 0.3 is 5.97 Å². The molecule has 0 bridgehead atoms. The monoisotopic (exact) mass is 389 g/mol. The summed E-state index contributed by atoms with van der Waals surface area (Å²) in [6.45, 7) is 4.63. The minimum Gasteiger partial charge on any atom is -0.465 e. The molecule has 2 rings (SSSR count). The SMILES string of the molecule is CC(C)COC(=O)CC1C(=O)NCCN1C(=O)/C=C/c1ccc([N+](=O)[O-])cc1. The molecule has 1 atom stereocenters. The standard InChI is InChI=1S/C19H23N3O6/c1-13(2)12-28-18(24)11-16-19(25)20-9-10-21(16)17(23)8-5-14-3-6-15(7-4-14)22(26)27/h3-8,13,16H,9-12H2,1-2H3,(H,20,25)/b8-5+. The third-order valence-corrected chi connectivity index (χ3v) is 4.07. The Balaban J connectivity index is 2.04. The van der Waals surface area contributed by atoms with E-state index in [0.717, 1.165) is 0 Å². The van der Waals surface area contributed by atoms with Crippen molar-refractivity contribution >= 4 is 29.5 Å². The van der Waals surface area contributed by atoms with Gasteiger partial charge in [0.05, 0.1) is 18.0 Å². The van der Waals surface area contributed by atoms with Gasteiger partial charge in [0.25, 0.3) is 5.69 Å². The van der Waals surface area contributed by atoms with Crippen molar-refractivity contribution < 1.29 is 24.0 Å². The van der Waals surface area contributed by atoms with Crippen LogP contribution in [0.2, 0.25) is 0 Å². The minimum absolute atomic E-state index is 0.0452. The first-order valence-electron chi connectivity index (χ1n) is 8.94. The van der Waals surface area contributed by atoms with Crippen molar-refractivity contribution in [2.75, 3.05) is 19.7 Å². The van der Waals surface area contributed by atoms with Gasteiger partial charge in [-0.05, 0) is 29.7 Å². The molecule has 0 aliphatic carbocycles. The van der Waals surface area contributed by atoms with Crippen LogP contribution in [0.15, 0.2) is 30.3 Å².